The van der Waals surface area contributed by atoms with E-state index in [9.17, 15) is 9.59 Å². The first-order valence-corrected chi connectivity index (χ1v) is 5.72. The molecule has 0 radical (unpaired) electrons. The Morgan fingerprint density at radius 1 is 1.59 bits per heavy atom. The van der Waals surface area contributed by atoms with Crippen LogP contribution in [0.4, 0.5) is 0 Å². The Hall–Kier alpha value is -1.56. The molecule has 1 aromatic rings. The molecular weight excluding hydrogens is 290 g/mol. The zero-order chi connectivity index (χ0) is 12.8. The zero-order valence-corrected chi connectivity index (χ0v) is 10.7. The molecule has 1 amide bonds. The number of amides is 1. The average Bonchev–Trinajstić information content (AvgIpc) is 2.59. The van der Waals surface area contributed by atoms with Gasteiger partial charge in [-0.15, -0.1) is 0 Å². The van der Waals surface area contributed by atoms with Crippen molar-refractivity contribution in [2.45, 2.75) is 19.4 Å². The summed E-state index contributed by atoms with van der Waals surface area (Å²) in [4.78, 5) is 21.8. The van der Waals surface area contributed by atoms with Crippen LogP contribution in [0.2, 0.25) is 0 Å². The molecule has 0 saturated heterocycles. The first-order chi connectivity index (χ1) is 7.97. The van der Waals surface area contributed by atoms with E-state index in [1.54, 1.807) is 19.1 Å². The fourth-order valence-electron chi connectivity index (χ4n) is 1.18. The highest BCUT2D eigenvalue weighted by molar-refractivity contribution is 9.10. The van der Waals surface area contributed by atoms with E-state index in [2.05, 4.69) is 21.2 Å². The van der Waals surface area contributed by atoms with Crippen LogP contribution in [0.1, 0.15) is 19.1 Å². The van der Waals surface area contributed by atoms with Crippen molar-refractivity contribution in [3.63, 3.8) is 0 Å². The van der Waals surface area contributed by atoms with Gasteiger partial charge in [0.2, 0.25) is 5.91 Å². The summed E-state index contributed by atoms with van der Waals surface area (Å²) in [6.07, 6.45) is 2.70. The van der Waals surface area contributed by atoms with Crippen LogP contribution in [-0.4, -0.2) is 23.0 Å². The van der Waals surface area contributed by atoms with E-state index in [-0.39, 0.29) is 12.3 Å². The van der Waals surface area contributed by atoms with Crippen molar-refractivity contribution in [3.8, 4) is 0 Å². The Morgan fingerprint density at radius 3 is 2.82 bits per heavy atom. The standard InChI is InChI=1S/C11H12BrNO4/c1-7(6-11(15)16)13-10(14)5-3-8-2-4-9(12)17-8/h2-5,7H,6H2,1H3,(H,13,14)(H,15,16)/b5-3+. The number of rotatable bonds is 5. The van der Waals surface area contributed by atoms with E-state index >= 15 is 0 Å². The molecule has 0 aliphatic rings. The minimum atomic E-state index is -0.947. The van der Waals surface area contributed by atoms with Crippen LogP contribution in [0.25, 0.3) is 6.08 Å². The molecule has 5 nitrogen and oxygen atoms in total. The average molecular weight is 302 g/mol. The highest BCUT2D eigenvalue weighted by Crippen LogP contribution is 2.14. The molecule has 2 N–H and O–H groups in total. The van der Waals surface area contributed by atoms with Gasteiger partial charge in [0.15, 0.2) is 4.67 Å². The van der Waals surface area contributed by atoms with Crippen LogP contribution in [-0.2, 0) is 9.59 Å². The second-order valence-corrected chi connectivity index (χ2v) is 4.26. The number of carboxylic acids is 1. The minimum absolute atomic E-state index is 0.105. The lowest BCUT2D eigenvalue weighted by molar-refractivity contribution is -0.137. The predicted octanol–water partition coefficient (Wildman–Crippen LogP) is 2.03. The summed E-state index contributed by atoms with van der Waals surface area (Å²) in [5.74, 6) is -0.763. The smallest absolute Gasteiger partial charge is 0.305 e. The Bertz CT molecular complexity index is 438. The van der Waals surface area contributed by atoms with E-state index < -0.39 is 12.0 Å². The molecule has 1 heterocycles. The SMILES string of the molecule is CC(CC(=O)O)NC(=O)/C=C/c1ccc(Br)o1. The van der Waals surface area contributed by atoms with Crippen molar-refractivity contribution in [1.29, 1.82) is 0 Å². The van der Waals surface area contributed by atoms with E-state index in [1.807, 2.05) is 0 Å². The van der Waals surface area contributed by atoms with E-state index in [1.165, 1.54) is 12.2 Å². The van der Waals surface area contributed by atoms with Crippen LogP contribution in [0.5, 0.6) is 0 Å². The van der Waals surface area contributed by atoms with Gasteiger partial charge in [0.05, 0.1) is 6.42 Å². The molecule has 0 aliphatic heterocycles. The molecule has 1 unspecified atom stereocenters. The van der Waals surface area contributed by atoms with Crippen molar-refractivity contribution in [3.05, 3.63) is 28.6 Å². The number of nitrogens with one attached hydrogen (secondary N) is 1. The monoisotopic (exact) mass is 301 g/mol. The van der Waals surface area contributed by atoms with Gasteiger partial charge in [-0.05, 0) is 41.1 Å². The molecule has 0 aliphatic carbocycles. The fourth-order valence-corrected chi connectivity index (χ4v) is 1.50. The van der Waals surface area contributed by atoms with Gasteiger partial charge in [-0.1, -0.05) is 0 Å². The van der Waals surface area contributed by atoms with Gasteiger partial charge >= 0.3 is 5.97 Å². The lowest BCUT2D eigenvalue weighted by atomic mass is 10.2. The van der Waals surface area contributed by atoms with E-state index in [4.69, 9.17) is 9.52 Å². The normalized spacial score (nSPS) is 12.6. The molecular formula is C11H12BrNO4. The van der Waals surface area contributed by atoms with Crippen molar-refractivity contribution in [2.24, 2.45) is 0 Å². The van der Waals surface area contributed by atoms with Gasteiger partial charge < -0.3 is 14.8 Å². The van der Waals surface area contributed by atoms with Crippen molar-refractivity contribution in [1.82, 2.24) is 5.32 Å². The van der Waals surface area contributed by atoms with Crippen LogP contribution in [0.3, 0.4) is 0 Å². The third-order valence-corrected chi connectivity index (χ3v) is 2.29. The molecule has 1 aromatic heterocycles. The highest BCUT2D eigenvalue weighted by atomic mass is 79.9. The molecule has 1 rings (SSSR count). The maximum atomic E-state index is 11.4. The number of carbonyl (C=O) groups is 2. The Balaban J connectivity index is 2.44. The Labute approximate surface area is 107 Å². The van der Waals surface area contributed by atoms with E-state index in [0.717, 1.165) is 0 Å². The van der Waals surface area contributed by atoms with Gasteiger partial charge in [0.1, 0.15) is 5.76 Å². The van der Waals surface area contributed by atoms with Gasteiger partial charge in [-0.3, -0.25) is 9.59 Å². The summed E-state index contributed by atoms with van der Waals surface area (Å²) in [5, 5.41) is 11.0. The number of hydrogen-bond acceptors (Lipinski definition) is 3. The maximum absolute atomic E-state index is 11.4. The molecule has 0 bridgehead atoms. The highest BCUT2D eigenvalue weighted by Gasteiger charge is 2.08. The van der Waals surface area contributed by atoms with Crippen LogP contribution >= 0.6 is 15.9 Å². The van der Waals surface area contributed by atoms with E-state index in [0.29, 0.717) is 10.4 Å². The summed E-state index contributed by atoms with van der Waals surface area (Å²) in [6, 6.07) is 3.01. The number of carboxylic acid groups (broad SMARTS) is 1. The van der Waals surface area contributed by atoms with Gasteiger partial charge in [0, 0.05) is 12.1 Å². The van der Waals surface area contributed by atoms with Crippen LogP contribution in [0, 0.1) is 0 Å². The summed E-state index contributed by atoms with van der Waals surface area (Å²) in [6.45, 7) is 1.63. The molecule has 92 valence electrons. The molecule has 0 fully saturated rings. The summed E-state index contributed by atoms with van der Waals surface area (Å²) in [7, 11) is 0. The van der Waals surface area contributed by atoms with Gasteiger partial charge in [-0.25, -0.2) is 0 Å². The van der Waals surface area contributed by atoms with Crippen molar-refractivity contribution >= 4 is 33.9 Å². The topological polar surface area (TPSA) is 79.5 Å². The second kappa shape index (κ2) is 6.24. The summed E-state index contributed by atoms with van der Waals surface area (Å²) >= 11 is 3.14. The van der Waals surface area contributed by atoms with Crippen LogP contribution in [0.15, 0.2) is 27.3 Å². The number of halogens is 1. The maximum Gasteiger partial charge on any atom is 0.305 e. The van der Waals surface area contributed by atoms with Gasteiger partial charge in [-0.2, -0.15) is 0 Å². The molecule has 0 saturated carbocycles. The van der Waals surface area contributed by atoms with Crippen molar-refractivity contribution in [2.75, 3.05) is 0 Å². The summed E-state index contributed by atoms with van der Waals surface area (Å²) in [5.41, 5.74) is 0. The quantitative estimate of drug-likeness (QED) is 0.816. The number of carbonyl (C=O) groups excluding carboxylic acids is 1. The van der Waals surface area contributed by atoms with Crippen LogP contribution < -0.4 is 5.32 Å². The lowest BCUT2D eigenvalue weighted by Crippen LogP contribution is -2.32. The minimum Gasteiger partial charge on any atom is -0.481 e. The first-order valence-electron chi connectivity index (χ1n) is 4.93. The fraction of sp³-hybridized carbons (Fsp3) is 0.273. The number of hydrogen-bond donors (Lipinski definition) is 2. The third-order valence-electron chi connectivity index (χ3n) is 1.86. The van der Waals surface area contributed by atoms with Gasteiger partial charge in [0.25, 0.3) is 0 Å². The summed E-state index contributed by atoms with van der Waals surface area (Å²) < 4.78 is 5.74. The zero-order valence-electron chi connectivity index (χ0n) is 9.14. The molecule has 1 atom stereocenters. The second-order valence-electron chi connectivity index (χ2n) is 3.48. The molecule has 0 spiro atoms. The van der Waals surface area contributed by atoms with Crippen molar-refractivity contribution < 1.29 is 19.1 Å². The third kappa shape index (κ3) is 5.35. The molecule has 17 heavy (non-hydrogen) atoms. The lowest BCUT2D eigenvalue weighted by Gasteiger charge is -2.08. The Kier molecular flexibility index (Phi) is 4.96. The number of furan rings is 1. The first kappa shape index (κ1) is 13.5. The Morgan fingerprint density at radius 2 is 2.29 bits per heavy atom. The number of aliphatic carboxylic acids is 1. The molecule has 0 aromatic carbocycles. The largest absolute Gasteiger partial charge is 0.481 e. The molecule has 6 heteroatoms. The predicted molar refractivity (Wildman–Crippen MR) is 65.3 cm³/mol.